The van der Waals surface area contributed by atoms with Crippen LogP contribution in [-0.4, -0.2) is 50.3 Å². The van der Waals surface area contributed by atoms with Crippen LogP contribution in [0.2, 0.25) is 0 Å². The van der Waals surface area contributed by atoms with Gasteiger partial charge in [0.15, 0.2) is 6.10 Å². The summed E-state index contributed by atoms with van der Waals surface area (Å²) in [7, 11) is 1.35. The summed E-state index contributed by atoms with van der Waals surface area (Å²) in [6.45, 7) is 2.46. The Labute approximate surface area is 112 Å². The Morgan fingerprint density at radius 1 is 1.53 bits per heavy atom. The molecule has 1 fully saturated rings. The predicted octanol–water partition coefficient (Wildman–Crippen LogP) is 1.24. The van der Waals surface area contributed by atoms with Crippen LogP contribution in [0.3, 0.4) is 0 Å². The highest BCUT2D eigenvalue weighted by atomic mass is 19.1. The van der Waals surface area contributed by atoms with Gasteiger partial charge in [-0.3, -0.25) is 4.90 Å². The second-order valence-electron chi connectivity index (χ2n) is 4.52. The maximum atomic E-state index is 13.5. The van der Waals surface area contributed by atoms with Gasteiger partial charge in [-0.05, 0) is 18.1 Å². The molecule has 1 aliphatic heterocycles. The highest BCUT2D eigenvalue weighted by molar-refractivity contribution is 5.74. The molecule has 2 rings (SSSR count). The molecule has 0 aromatic heterocycles. The first-order valence-electron chi connectivity index (χ1n) is 6.36. The van der Waals surface area contributed by atoms with Gasteiger partial charge in [-0.2, -0.15) is 0 Å². The molecule has 1 heterocycles. The number of carbonyl (C=O) groups is 1. The third-order valence-electron chi connectivity index (χ3n) is 3.27. The molecule has 19 heavy (non-hydrogen) atoms. The van der Waals surface area contributed by atoms with E-state index < -0.39 is 6.10 Å². The van der Waals surface area contributed by atoms with E-state index in [1.165, 1.54) is 13.2 Å². The van der Waals surface area contributed by atoms with E-state index in [1.54, 1.807) is 12.1 Å². The molecule has 1 saturated heterocycles. The lowest BCUT2D eigenvalue weighted by molar-refractivity contribution is -0.159. The van der Waals surface area contributed by atoms with E-state index in [9.17, 15) is 9.18 Å². The van der Waals surface area contributed by atoms with Gasteiger partial charge in [0.2, 0.25) is 0 Å². The first kappa shape index (κ1) is 14.0. The molecule has 0 amide bonds. The van der Waals surface area contributed by atoms with Gasteiger partial charge in [0.1, 0.15) is 5.82 Å². The summed E-state index contributed by atoms with van der Waals surface area (Å²) >= 11 is 0. The predicted molar refractivity (Wildman–Crippen MR) is 68.3 cm³/mol. The highest BCUT2D eigenvalue weighted by Gasteiger charge is 2.27. The SMILES string of the molecule is COC(=O)[C@H]1CN(CCc2ccccc2F)CCO1. The Bertz CT molecular complexity index is 438. The lowest BCUT2D eigenvalue weighted by Gasteiger charge is -2.31. The Morgan fingerprint density at radius 3 is 3.05 bits per heavy atom. The minimum absolute atomic E-state index is 0.180. The summed E-state index contributed by atoms with van der Waals surface area (Å²) in [5.74, 6) is -0.532. The molecule has 0 radical (unpaired) electrons. The van der Waals surface area contributed by atoms with Gasteiger partial charge >= 0.3 is 5.97 Å². The van der Waals surface area contributed by atoms with E-state index in [-0.39, 0.29) is 11.8 Å². The van der Waals surface area contributed by atoms with Gasteiger partial charge in [0.05, 0.1) is 13.7 Å². The Morgan fingerprint density at radius 2 is 2.32 bits per heavy atom. The Balaban J connectivity index is 1.86. The van der Waals surface area contributed by atoms with E-state index in [1.807, 2.05) is 6.07 Å². The van der Waals surface area contributed by atoms with Crippen molar-refractivity contribution in [1.82, 2.24) is 4.90 Å². The molecule has 4 nitrogen and oxygen atoms in total. The van der Waals surface area contributed by atoms with Crippen LogP contribution in [0.4, 0.5) is 4.39 Å². The topological polar surface area (TPSA) is 38.8 Å². The maximum Gasteiger partial charge on any atom is 0.336 e. The van der Waals surface area contributed by atoms with Crippen molar-refractivity contribution in [2.24, 2.45) is 0 Å². The fourth-order valence-electron chi connectivity index (χ4n) is 2.16. The molecule has 0 unspecified atom stereocenters. The summed E-state index contributed by atoms with van der Waals surface area (Å²) < 4.78 is 23.5. The number of rotatable bonds is 4. The van der Waals surface area contributed by atoms with Gasteiger partial charge in [-0.25, -0.2) is 9.18 Å². The summed E-state index contributed by atoms with van der Waals surface area (Å²) in [5, 5.41) is 0. The number of methoxy groups -OCH3 is 1. The molecule has 1 aromatic carbocycles. The molecule has 0 spiro atoms. The number of hydrogen-bond donors (Lipinski definition) is 0. The van der Waals surface area contributed by atoms with Crippen molar-refractivity contribution in [2.45, 2.75) is 12.5 Å². The Hall–Kier alpha value is -1.46. The molecular formula is C14H18FNO3. The third kappa shape index (κ3) is 3.75. The lowest BCUT2D eigenvalue weighted by atomic mass is 10.1. The van der Waals surface area contributed by atoms with Crippen molar-refractivity contribution in [3.05, 3.63) is 35.6 Å². The number of benzene rings is 1. The zero-order valence-electron chi connectivity index (χ0n) is 11.0. The van der Waals surface area contributed by atoms with Crippen molar-refractivity contribution < 1.29 is 18.7 Å². The van der Waals surface area contributed by atoms with E-state index in [0.29, 0.717) is 31.7 Å². The molecule has 1 atom stereocenters. The number of morpholine rings is 1. The minimum Gasteiger partial charge on any atom is -0.467 e. The van der Waals surface area contributed by atoms with E-state index in [4.69, 9.17) is 4.74 Å². The van der Waals surface area contributed by atoms with Gasteiger partial charge in [-0.1, -0.05) is 18.2 Å². The number of hydrogen-bond acceptors (Lipinski definition) is 4. The second kappa shape index (κ2) is 6.63. The molecule has 104 valence electrons. The monoisotopic (exact) mass is 267 g/mol. The summed E-state index contributed by atoms with van der Waals surface area (Å²) in [5.41, 5.74) is 0.698. The zero-order chi connectivity index (χ0) is 13.7. The van der Waals surface area contributed by atoms with E-state index >= 15 is 0 Å². The van der Waals surface area contributed by atoms with Gasteiger partial charge < -0.3 is 9.47 Å². The third-order valence-corrected chi connectivity index (χ3v) is 3.27. The summed E-state index contributed by atoms with van der Waals surface area (Å²) in [6, 6.07) is 6.76. The molecule has 5 heteroatoms. The smallest absolute Gasteiger partial charge is 0.336 e. The maximum absolute atomic E-state index is 13.5. The van der Waals surface area contributed by atoms with Crippen LogP contribution in [0.1, 0.15) is 5.56 Å². The lowest BCUT2D eigenvalue weighted by Crippen LogP contribution is -2.47. The van der Waals surface area contributed by atoms with Gasteiger partial charge in [0, 0.05) is 19.6 Å². The number of carbonyl (C=O) groups excluding carboxylic acids is 1. The number of halogens is 1. The zero-order valence-corrected chi connectivity index (χ0v) is 11.0. The van der Waals surface area contributed by atoms with Crippen LogP contribution in [0.5, 0.6) is 0 Å². The van der Waals surface area contributed by atoms with Crippen LogP contribution < -0.4 is 0 Å². The average Bonchev–Trinajstić information content (AvgIpc) is 2.46. The quantitative estimate of drug-likeness (QED) is 0.769. The minimum atomic E-state index is -0.528. The van der Waals surface area contributed by atoms with Crippen LogP contribution in [0.25, 0.3) is 0 Å². The number of esters is 1. The van der Waals surface area contributed by atoms with Gasteiger partial charge in [0.25, 0.3) is 0 Å². The van der Waals surface area contributed by atoms with Gasteiger partial charge in [-0.15, -0.1) is 0 Å². The average molecular weight is 267 g/mol. The first-order chi connectivity index (χ1) is 9.20. The van der Waals surface area contributed by atoms with E-state index in [2.05, 4.69) is 9.64 Å². The van der Waals surface area contributed by atoms with Crippen LogP contribution in [0, 0.1) is 5.82 Å². The standard InChI is InChI=1S/C14H18FNO3/c1-18-14(17)13-10-16(8-9-19-13)7-6-11-4-2-3-5-12(11)15/h2-5,13H,6-10H2,1H3/t13-/m1/s1. The molecule has 0 saturated carbocycles. The van der Waals surface area contributed by atoms with Crippen LogP contribution in [-0.2, 0) is 20.7 Å². The molecule has 0 N–H and O–H groups in total. The first-order valence-corrected chi connectivity index (χ1v) is 6.36. The molecule has 1 aromatic rings. The second-order valence-corrected chi connectivity index (χ2v) is 4.52. The Kier molecular flexibility index (Phi) is 4.87. The normalized spacial score (nSPS) is 20.2. The van der Waals surface area contributed by atoms with Crippen molar-refractivity contribution in [1.29, 1.82) is 0 Å². The van der Waals surface area contributed by atoms with Crippen molar-refractivity contribution in [2.75, 3.05) is 33.4 Å². The number of ether oxygens (including phenoxy) is 2. The van der Waals surface area contributed by atoms with Crippen molar-refractivity contribution in [3.63, 3.8) is 0 Å². The molecule has 0 bridgehead atoms. The van der Waals surface area contributed by atoms with Crippen molar-refractivity contribution >= 4 is 5.97 Å². The van der Waals surface area contributed by atoms with Crippen LogP contribution >= 0.6 is 0 Å². The largest absolute Gasteiger partial charge is 0.467 e. The number of nitrogens with zero attached hydrogens (tertiary/aromatic N) is 1. The summed E-state index contributed by atoms with van der Waals surface area (Å²) in [6.07, 6.45) is 0.0972. The molecule has 1 aliphatic rings. The van der Waals surface area contributed by atoms with Crippen LogP contribution in [0.15, 0.2) is 24.3 Å². The van der Waals surface area contributed by atoms with Crippen molar-refractivity contribution in [3.8, 4) is 0 Å². The fourth-order valence-corrected chi connectivity index (χ4v) is 2.16. The highest BCUT2D eigenvalue weighted by Crippen LogP contribution is 2.11. The summed E-state index contributed by atoms with van der Waals surface area (Å²) in [4.78, 5) is 13.5. The van der Waals surface area contributed by atoms with E-state index in [0.717, 1.165) is 6.54 Å². The fraction of sp³-hybridized carbons (Fsp3) is 0.500. The molecule has 0 aliphatic carbocycles. The molecular weight excluding hydrogens is 249 g/mol.